The largest absolute Gasteiger partial charge is 0.383 e. The van der Waals surface area contributed by atoms with E-state index in [4.69, 9.17) is 10.5 Å². The molecule has 1 aromatic carbocycles. The fourth-order valence-corrected chi connectivity index (χ4v) is 3.22. The van der Waals surface area contributed by atoms with Crippen LogP contribution in [-0.4, -0.2) is 37.0 Å². The van der Waals surface area contributed by atoms with Crippen LogP contribution in [0.4, 0.5) is 0 Å². The average Bonchev–Trinajstić information content (AvgIpc) is 3.18. The summed E-state index contributed by atoms with van der Waals surface area (Å²) in [6.07, 6.45) is 2.41. The molecular formula is C15H23N3OS. The second kappa shape index (κ2) is 6.99. The molecule has 4 nitrogen and oxygen atoms in total. The topological polar surface area (TPSA) is 59.6 Å². The van der Waals surface area contributed by atoms with E-state index < -0.39 is 0 Å². The molecule has 1 fully saturated rings. The highest BCUT2D eigenvalue weighted by atomic mass is 32.2. The maximum atomic E-state index is 5.91. The van der Waals surface area contributed by atoms with Gasteiger partial charge in [-0.3, -0.25) is 4.99 Å². The van der Waals surface area contributed by atoms with E-state index in [-0.39, 0.29) is 10.8 Å². The summed E-state index contributed by atoms with van der Waals surface area (Å²) in [4.78, 5) is 5.79. The molecule has 1 aliphatic rings. The summed E-state index contributed by atoms with van der Waals surface area (Å²) in [5.74, 6) is 0.509. The van der Waals surface area contributed by atoms with Crippen LogP contribution in [0.2, 0.25) is 0 Å². The number of hydrogen-bond donors (Lipinski definition) is 2. The number of aliphatic imine (C=N–C) groups is 1. The number of nitrogens with one attached hydrogen (secondary N) is 1. The minimum absolute atomic E-state index is 0.181. The van der Waals surface area contributed by atoms with Crippen LogP contribution in [0.25, 0.3) is 0 Å². The lowest BCUT2D eigenvalue weighted by Gasteiger charge is -2.15. The second-order valence-electron chi connectivity index (χ2n) is 5.30. The van der Waals surface area contributed by atoms with Crippen LogP contribution in [0, 0.1) is 0 Å². The third-order valence-corrected chi connectivity index (χ3v) is 4.71. The van der Waals surface area contributed by atoms with Gasteiger partial charge in [-0.05, 0) is 31.9 Å². The van der Waals surface area contributed by atoms with Crippen molar-refractivity contribution in [3.05, 3.63) is 30.3 Å². The zero-order valence-corrected chi connectivity index (χ0v) is 13.0. The van der Waals surface area contributed by atoms with Gasteiger partial charge in [-0.2, -0.15) is 0 Å². The third-order valence-electron chi connectivity index (χ3n) is 3.23. The van der Waals surface area contributed by atoms with Gasteiger partial charge in [0.25, 0.3) is 0 Å². The van der Waals surface area contributed by atoms with E-state index in [2.05, 4.69) is 34.6 Å². The molecule has 0 bridgehead atoms. The maximum Gasteiger partial charge on any atom is 0.188 e. The molecule has 0 spiro atoms. The molecule has 1 saturated carbocycles. The normalized spacial score (nSPS) is 18.6. The van der Waals surface area contributed by atoms with Crippen molar-refractivity contribution in [3.63, 3.8) is 0 Å². The molecule has 3 N–H and O–H groups in total. The highest BCUT2D eigenvalue weighted by Crippen LogP contribution is 2.51. The van der Waals surface area contributed by atoms with Gasteiger partial charge in [0.2, 0.25) is 0 Å². The maximum absolute atomic E-state index is 5.91. The number of nitrogens with two attached hydrogens (primary N) is 1. The van der Waals surface area contributed by atoms with Gasteiger partial charge in [0.05, 0.1) is 13.2 Å². The first-order valence-corrected chi connectivity index (χ1v) is 7.75. The number of methoxy groups -OCH3 is 1. The van der Waals surface area contributed by atoms with E-state index in [9.17, 15) is 0 Å². The second-order valence-corrected chi connectivity index (χ2v) is 6.84. The van der Waals surface area contributed by atoms with Gasteiger partial charge in [0, 0.05) is 22.8 Å². The van der Waals surface area contributed by atoms with E-state index >= 15 is 0 Å². The highest BCUT2D eigenvalue weighted by molar-refractivity contribution is 8.01. The Balaban J connectivity index is 1.83. The summed E-state index contributed by atoms with van der Waals surface area (Å²) >= 11 is 1.91. The van der Waals surface area contributed by atoms with Crippen molar-refractivity contribution in [2.45, 2.75) is 35.4 Å². The lowest BCUT2D eigenvalue weighted by atomic mass is 10.4. The van der Waals surface area contributed by atoms with Gasteiger partial charge < -0.3 is 15.8 Å². The van der Waals surface area contributed by atoms with Crippen LogP contribution in [-0.2, 0) is 4.74 Å². The smallest absolute Gasteiger partial charge is 0.188 e. The van der Waals surface area contributed by atoms with Crippen molar-refractivity contribution in [1.82, 2.24) is 5.32 Å². The standard InChI is InChI=1S/C15H23N3OS/c1-12(10-19-2)18-14(16)17-11-15(8-9-15)20-13-6-4-3-5-7-13/h3-7,12H,8-11H2,1-2H3,(H3,16,17,18). The third kappa shape index (κ3) is 4.72. The van der Waals surface area contributed by atoms with Crippen molar-refractivity contribution in [2.24, 2.45) is 10.7 Å². The number of nitrogens with zero attached hydrogens (tertiary/aromatic N) is 1. The molecule has 2 rings (SSSR count). The number of benzene rings is 1. The number of rotatable bonds is 7. The van der Waals surface area contributed by atoms with Crippen LogP contribution in [0.1, 0.15) is 19.8 Å². The van der Waals surface area contributed by atoms with Crippen LogP contribution >= 0.6 is 11.8 Å². The lowest BCUT2D eigenvalue weighted by Crippen LogP contribution is -2.41. The van der Waals surface area contributed by atoms with Crippen molar-refractivity contribution in [3.8, 4) is 0 Å². The van der Waals surface area contributed by atoms with Crippen molar-refractivity contribution >= 4 is 17.7 Å². The number of thioether (sulfide) groups is 1. The molecule has 0 heterocycles. The van der Waals surface area contributed by atoms with Gasteiger partial charge in [-0.25, -0.2) is 0 Å². The number of hydrogen-bond acceptors (Lipinski definition) is 3. The molecule has 0 aliphatic heterocycles. The van der Waals surface area contributed by atoms with Gasteiger partial charge in [-0.1, -0.05) is 18.2 Å². The Morgan fingerprint density at radius 2 is 2.15 bits per heavy atom. The van der Waals surface area contributed by atoms with Crippen LogP contribution in [0.3, 0.4) is 0 Å². The molecule has 1 unspecified atom stereocenters. The molecular weight excluding hydrogens is 270 g/mol. The molecule has 1 aromatic rings. The Morgan fingerprint density at radius 1 is 1.45 bits per heavy atom. The molecule has 20 heavy (non-hydrogen) atoms. The predicted molar refractivity (Wildman–Crippen MR) is 85.2 cm³/mol. The zero-order chi connectivity index (χ0) is 14.4. The van der Waals surface area contributed by atoms with E-state index in [0.29, 0.717) is 12.6 Å². The molecule has 0 amide bonds. The SMILES string of the molecule is COCC(C)NC(N)=NCC1(Sc2ccccc2)CC1. The van der Waals surface area contributed by atoms with Gasteiger partial charge in [0.15, 0.2) is 5.96 Å². The molecule has 1 atom stereocenters. The molecule has 0 aromatic heterocycles. The Bertz CT molecular complexity index is 446. The fraction of sp³-hybridized carbons (Fsp3) is 0.533. The van der Waals surface area contributed by atoms with Crippen LogP contribution in [0.15, 0.2) is 40.2 Å². The molecule has 5 heteroatoms. The summed E-state index contributed by atoms with van der Waals surface area (Å²) < 4.78 is 5.31. The average molecular weight is 293 g/mol. The first kappa shape index (κ1) is 15.2. The van der Waals surface area contributed by atoms with Crippen molar-refractivity contribution in [1.29, 1.82) is 0 Å². The molecule has 1 aliphatic carbocycles. The van der Waals surface area contributed by atoms with E-state index in [1.54, 1.807) is 7.11 Å². The first-order valence-electron chi connectivity index (χ1n) is 6.93. The van der Waals surface area contributed by atoms with E-state index in [0.717, 1.165) is 6.54 Å². The predicted octanol–water partition coefficient (Wildman–Crippen LogP) is 2.25. The quantitative estimate of drug-likeness (QED) is 0.598. The Hall–Kier alpha value is -1.20. The lowest BCUT2D eigenvalue weighted by molar-refractivity contribution is 0.179. The van der Waals surface area contributed by atoms with Gasteiger partial charge >= 0.3 is 0 Å². The van der Waals surface area contributed by atoms with Crippen molar-refractivity contribution in [2.75, 3.05) is 20.3 Å². The summed E-state index contributed by atoms with van der Waals surface area (Å²) in [6.45, 7) is 3.42. The molecule has 110 valence electrons. The Labute approximate surface area is 125 Å². The summed E-state index contributed by atoms with van der Waals surface area (Å²) in [7, 11) is 1.68. The van der Waals surface area contributed by atoms with E-state index in [1.807, 2.05) is 24.8 Å². The van der Waals surface area contributed by atoms with Gasteiger partial charge in [0.1, 0.15) is 0 Å². The summed E-state index contributed by atoms with van der Waals surface area (Å²) in [6, 6.07) is 10.7. The summed E-state index contributed by atoms with van der Waals surface area (Å²) in [5, 5.41) is 3.14. The van der Waals surface area contributed by atoms with Crippen LogP contribution in [0.5, 0.6) is 0 Å². The molecule has 0 saturated heterocycles. The monoisotopic (exact) mass is 293 g/mol. The minimum Gasteiger partial charge on any atom is -0.383 e. The van der Waals surface area contributed by atoms with E-state index in [1.165, 1.54) is 17.7 Å². The molecule has 0 radical (unpaired) electrons. The zero-order valence-electron chi connectivity index (χ0n) is 12.1. The fourth-order valence-electron chi connectivity index (χ4n) is 1.99. The minimum atomic E-state index is 0.181. The Morgan fingerprint density at radius 3 is 2.75 bits per heavy atom. The Kier molecular flexibility index (Phi) is 5.31. The number of guanidine groups is 1. The number of ether oxygens (including phenoxy) is 1. The van der Waals surface area contributed by atoms with Crippen LogP contribution < -0.4 is 11.1 Å². The van der Waals surface area contributed by atoms with Gasteiger partial charge in [-0.15, -0.1) is 11.8 Å². The van der Waals surface area contributed by atoms with Crippen molar-refractivity contribution < 1.29 is 4.74 Å². The first-order chi connectivity index (χ1) is 9.63. The summed E-state index contributed by atoms with van der Waals surface area (Å²) in [5.41, 5.74) is 5.91. The highest BCUT2D eigenvalue weighted by Gasteiger charge is 2.43.